The molecule has 0 saturated carbocycles. The van der Waals surface area contributed by atoms with E-state index in [1.165, 1.54) is 0 Å². The van der Waals surface area contributed by atoms with Gasteiger partial charge in [0.05, 0.1) is 23.7 Å². The summed E-state index contributed by atoms with van der Waals surface area (Å²) in [7, 11) is 0. The lowest BCUT2D eigenvalue weighted by Gasteiger charge is -2.35. The Morgan fingerprint density at radius 3 is 2.76 bits per heavy atom. The molecule has 0 spiro atoms. The molecule has 2 fully saturated rings. The van der Waals surface area contributed by atoms with Gasteiger partial charge >= 0.3 is 0 Å². The number of hydrogen-bond acceptors (Lipinski definition) is 7. The van der Waals surface area contributed by atoms with E-state index in [2.05, 4.69) is 26.9 Å². The second-order valence-corrected chi connectivity index (χ2v) is 7.76. The molecule has 29 heavy (non-hydrogen) atoms. The minimum absolute atomic E-state index is 0.0743. The van der Waals surface area contributed by atoms with Crippen molar-refractivity contribution in [2.45, 2.75) is 44.2 Å². The molecule has 8 nitrogen and oxygen atoms in total. The maximum atomic E-state index is 12.4. The smallest absolute Gasteiger partial charge is 0.240 e. The predicted octanol–water partition coefficient (Wildman–Crippen LogP) is 1.09. The van der Waals surface area contributed by atoms with Gasteiger partial charge in [-0.25, -0.2) is 4.98 Å². The number of amides is 1. The molecule has 0 aromatic carbocycles. The lowest BCUT2D eigenvalue weighted by Crippen LogP contribution is -2.47. The van der Waals surface area contributed by atoms with E-state index in [1.54, 1.807) is 17.2 Å². The van der Waals surface area contributed by atoms with Crippen LogP contribution in [0.5, 0.6) is 0 Å². The van der Waals surface area contributed by atoms with Crippen molar-refractivity contribution in [3.8, 4) is 12.1 Å². The summed E-state index contributed by atoms with van der Waals surface area (Å²) >= 11 is 0. The van der Waals surface area contributed by atoms with E-state index >= 15 is 0 Å². The van der Waals surface area contributed by atoms with Gasteiger partial charge in [-0.1, -0.05) is 6.42 Å². The molecule has 1 amide bonds. The van der Waals surface area contributed by atoms with Gasteiger partial charge in [0.1, 0.15) is 11.9 Å². The molecule has 154 valence electrons. The molecule has 2 aliphatic rings. The summed E-state index contributed by atoms with van der Waals surface area (Å²) in [5.41, 5.74) is 6.73. The van der Waals surface area contributed by atoms with Crippen LogP contribution in [0.4, 0.5) is 5.82 Å². The summed E-state index contributed by atoms with van der Waals surface area (Å²) in [4.78, 5) is 23.1. The number of aromatic nitrogens is 1. The molecule has 2 aliphatic heterocycles. The summed E-state index contributed by atoms with van der Waals surface area (Å²) in [5, 5.41) is 18.2. The topological polar surface area (TPSA) is 113 Å². The van der Waals surface area contributed by atoms with Crippen molar-refractivity contribution < 1.29 is 4.79 Å². The molecule has 2 atom stereocenters. The monoisotopic (exact) mass is 395 g/mol. The number of hydrogen-bond donors (Lipinski definition) is 1. The standard InChI is InChI=1S/C21H29N7O/c22-15-17-6-7-25-20(14-17)27-12-10-26(11-13-27)8-2-1-5-19(24)21(29)28-9-3-4-18(28)16-23/h6-7,14,18-19H,1-5,8-13,24H2/t18-,19-/m0/s1. The summed E-state index contributed by atoms with van der Waals surface area (Å²) in [6.45, 7) is 5.35. The molecular formula is C21H29N7O. The Morgan fingerprint density at radius 2 is 2.03 bits per heavy atom. The van der Waals surface area contributed by atoms with E-state index in [4.69, 9.17) is 16.3 Å². The van der Waals surface area contributed by atoms with Crippen LogP contribution in [0.25, 0.3) is 0 Å². The van der Waals surface area contributed by atoms with Gasteiger partial charge in [-0.2, -0.15) is 10.5 Å². The molecule has 0 radical (unpaired) electrons. The molecule has 3 heterocycles. The third-order valence-electron chi connectivity index (χ3n) is 5.81. The zero-order valence-corrected chi connectivity index (χ0v) is 16.8. The van der Waals surface area contributed by atoms with Crippen molar-refractivity contribution in [2.24, 2.45) is 5.73 Å². The average Bonchev–Trinajstić information content (AvgIpc) is 3.25. The van der Waals surface area contributed by atoms with Crippen LogP contribution in [0, 0.1) is 22.7 Å². The molecule has 8 heteroatoms. The fraction of sp³-hybridized carbons (Fsp3) is 0.619. The van der Waals surface area contributed by atoms with Crippen molar-refractivity contribution in [1.29, 1.82) is 10.5 Å². The number of likely N-dealkylation sites (tertiary alicyclic amines) is 1. The second kappa shape index (κ2) is 10.2. The SMILES string of the molecule is N#Cc1ccnc(N2CCN(CCCC[C@H](N)C(=O)N3CCC[C@H]3C#N)CC2)c1. The highest BCUT2D eigenvalue weighted by molar-refractivity contribution is 5.82. The number of nitrogens with zero attached hydrogens (tertiary/aromatic N) is 6. The van der Waals surface area contributed by atoms with Gasteiger partial charge in [-0.05, 0) is 44.4 Å². The molecule has 2 saturated heterocycles. The van der Waals surface area contributed by atoms with Crippen LogP contribution in [0.15, 0.2) is 18.3 Å². The minimum Gasteiger partial charge on any atom is -0.354 e. The number of anilines is 1. The summed E-state index contributed by atoms with van der Waals surface area (Å²) in [5.74, 6) is 0.792. The highest BCUT2D eigenvalue weighted by Gasteiger charge is 2.31. The number of carbonyl (C=O) groups is 1. The molecule has 0 bridgehead atoms. The molecule has 0 unspecified atom stereocenters. The fourth-order valence-corrected chi connectivity index (χ4v) is 4.06. The number of nitriles is 2. The van der Waals surface area contributed by atoms with Crippen LogP contribution < -0.4 is 10.6 Å². The average molecular weight is 396 g/mol. The van der Waals surface area contributed by atoms with Crippen molar-refractivity contribution in [3.05, 3.63) is 23.9 Å². The van der Waals surface area contributed by atoms with Gasteiger partial charge in [-0.3, -0.25) is 9.69 Å². The van der Waals surface area contributed by atoms with Crippen molar-refractivity contribution in [1.82, 2.24) is 14.8 Å². The molecule has 0 aliphatic carbocycles. The van der Waals surface area contributed by atoms with E-state index in [0.717, 1.165) is 64.2 Å². The molecular weight excluding hydrogens is 366 g/mol. The first kappa shape index (κ1) is 21.0. The van der Waals surface area contributed by atoms with Crippen LogP contribution in [0.1, 0.15) is 37.7 Å². The number of carbonyl (C=O) groups excluding carboxylic acids is 1. The fourth-order valence-electron chi connectivity index (χ4n) is 4.06. The first-order chi connectivity index (χ1) is 14.1. The summed E-state index contributed by atoms with van der Waals surface area (Å²) in [6, 6.07) is 7.12. The molecule has 3 rings (SSSR count). The van der Waals surface area contributed by atoms with E-state index in [1.807, 2.05) is 6.07 Å². The van der Waals surface area contributed by atoms with Crippen LogP contribution in [0.2, 0.25) is 0 Å². The van der Waals surface area contributed by atoms with Crippen molar-refractivity contribution in [2.75, 3.05) is 44.2 Å². The van der Waals surface area contributed by atoms with E-state index in [9.17, 15) is 4.79 Å². The second-order valence-electron chi connectivity index (χ2n) is 7.76. The summed E-state index contributed by atoms with van der Waals surface area (Å²) in [6.07, 6.45) is 5.91. The van der Waals surface area contributed by atoms with Crippen LogP contribution >= 0.6 is 0 Å². The Hall–Kier alpha value is -2.68. The third-order valence-corrected chi connectivity index (χ3v) is 5.81. The first-order valence-electron chi connectivity index (χ1n) is 10.4. The normalized spacial score (nSPS) is 20.9. The Labute approximate surface area is 172 Å². The molecule has 1 aromatic heterocycles. The van der Waals surface area contributed by atoms with Gasteiger partial charge in [0.2, 0.25) is 5.91 Å². The van der Waals surface area contributed by atoms with Crippen LogP contribution in [0.3, 0.4) is 0 Å². The quantitative estimate of drug-likeness (QED) is 0.687. The summed E-state index contributed by atoms with van der Waals surface area (Å²) < 4.78 is 0. The maximum Gasteiger partial charge on any atom is 0.240 e. The van der Waals surface area contributed by atoms with Gasteiger partial charge in [0.25, 0.3) is 0 Å². The zero-order valence-electron chi connectivity index (χ0n) is 16.8. The van der Waals surface area contributed by atoms with Gasteiger partial charge < -0.3 is 15.5 Å². The Kier molecular flexibility index (Phi) is 7.40. The van der Waals surface area contributed by atoms with E-state index in [0.29, 0.717) is 18.5 Å². The minimum atomic E-state index is -0.501. The van der Waals surface area contributed by atoms with Gasteiger partial charge in [0.15, 0.2) is 0 Å². The predicted molar refractivity (Wildman–Crippen MR) is 110 cm³/mol. The highest BCUT2D eigenvalue weighted by atomic mass is 16.2. The zero-order chi connectivity index (χ0) is 20.6. The van der Waals surface area contributed by atoms with E-state index in [-0.39, 0.29) is 11.9 Å². The molecule has 1 aromatic rings. The lowest BCUT2D eigenvalue weighted by atomic mass is 10.1. The van der Waals surface area contributed by atoms with E-state index < -0.39 is 6.04 Å². The lowest BCUT2D eigenvalue weighted by molar-refractivity contribution is -0.132. The van der Waals surface area contributed by atoms with Gasteiger partial charge in [-0.15, -0.1) is 0 Å². The number of nitrogens with two attached hydrogens (primary N) is 1. The largest absolute Gasteiger partial charge is 0.354 e. The Bertz CT molecular complexity index is 776. The van der Waals surface area contributed by atoms with Crippen LogP contribution in [-0.4, -0.2) is 72.0 Å². The van der Waals surface area contributed by atoms with Crippen LogP contribution in [-0.2, 0) is 4.79 Å². The Morgan fingerprint density at radius 1 is 1.24 bits per heavy atom. The van der Waals surface area contributed by atoms with Crippen molar-refractivity contribution in [3.63, 3.8) is 0 Å². The third kappa shape index (κ3) is 5.44. The highest BCUT2D eigenvalue weighted by Crippen LogP contribution is 2.19. The number of rotatable bonds is 7. The first-order valence-corrected chi connectivity index (χ1v) is 10.4. The number of piperazine rings is 1. The van der Waals surface area contributed by atoms with Gasteiger partial charge in [0, 0.05) is 38.9 Å². The maximum absolute atomic E-state index is 12.4. The van der Waals surface area contributed by atoms with Crippen molar-refractivity contribution >= 4 is 11.7 Å². The molecule has 2 N–H and O–H groups in total. The number of unbranched alkanes of at least 4 members (excludes halogenated alkanes) is 1. The number of pyridine rings is 1. The Balaban J connectivity index is 1.34.